The fourth-order valence-corrected chi connectivity index (χ4v) is 3.83. The van der Waals surface area contributed by atoms with Gasteiger partial charge in [-0.2, -0.15) is 5.11 Å². The Hall–Kier alpha value is -2.91. The summed E-state index contributed by atoms with van der Waals surface area (Å²) in [4.78, 5) is 40.1. The van der Waals surface area contributed by atoms with Crippen LogP contribution in [0.15, 0.2) is 63.8 Å². The molecule has 2 aromatic rings. The number of hydrogen-bond donors (Lipinski definition) is 1. The van der Waals surface area contributed by atoms with Gasteiger partial charge in [-0.15, -0.1) is 11.8 Å². The van der Waals surface area contributed by atoms with Crippen molar-refractivity contribution >= 4 is 52.5 Å². The number of nitrogens with one attached hydrogen (secondary N) is 1. The van der Waals surface area contributed by atoms with E-state index in [1.165, 1.54) is 5.01 Å². The van der Waals surface area contributed by atoms with Crippen molar-refractivity contribution in [2.24, 2.45) is 10.3 Å². The lowest BCUT2D eigenvalue weighted by Crippen LogP contribution is -2.43. The highest BCUT2D eigenvalue weighted by Crippen LogP contribution is 2.32. The van der Waals surface area contributed by atoms with Gasteiger partial charge in [0.1, 0.15) is 6.54 Å². The predicted molar refractivity (Wildman–Crippen MR) is 110 cm³/mol. The molecule has 29 heavy (non-hydrogen) atoms. The Morgan fingerprint density at radius 2 is 1.93 bits per heavy atom. The number of thioether (sulfide) groups is 1. The molecule has 1 N–H and O–H groups in total. The summed E-state index contributed by atoms with van der Waals surface area (Å²) in [5.41, 5.74) is 1.05. The third-order valence-electron chi connectivity index (χ3n) is 4.60. The summed E-state index contributed by atoms with van der Waals surface area (Å²) in [5.74, 6) is -1.29. The third kappa shape index (κ3) is 3.70. The number of imide groups is 1. The van der Waals surface area contributed by atoms with Crippen LogP contribution in [0.4, 0.5) is 11.4 Å². The zero-order chi connectivity index (χ0) is 20.5. The van der Waals surface area contributed by atoms with Crippen molar-refractivity contribution in [3.8, 4) is 0 Å². The molecule has 2 aliphatic heterocycles. The van der Waals surface area contributed by atoms with Gasteiger partial charge in [-0.3, -0.25) is 19.4 Å². The lowest BCUT2D eigenvalue weighted by Gasteiger charge is -2.20. The number of nitrogens with zero attached hydrogens (tertiary/aromatic N) is 4. The molecule has 1 saturated heterocycles. The number of amides is 3. The van der Waals surface area contributed by atoms with Crippen molar-refractivity contribution in [3.05, 3.63) is 53.6 Å². The molecule has 148 valence electrons. The van der Waals surface area contributed by atoms with Crippen molar-refractivity contribution in [3.63, 3.8) is 0 Å². The largest absolute Gasteiger partial charge is 0.324 e. The van der Waals surface area contributed by atoms with Gasteiger partial charge in [0.25, 0.3) is 11.8 Å². The minimum Gasteiger partial charge on any atom is -0.324 e. The van der Waals surface area contributed by atoms with E-state index in [4.69, 9.17) is 11.6 Å². The van der Waals surface area contributed by atoms with E-state index >= 15 is 0 Å². The molecular weight excluding hydrogens is 414 g/mol. The van der Waals surface area contributed by atoms with Crippen LogP contribution in [0.3, 0.4) is 0 Å². The number of fused-ring (bicyclic) bond motifs is 1. The molecular formula is C19H16ClN5O3S. The maximum absolute atomic E-state index is 12.9. The highest BCUT2D eigenvalue weighted by molar-refractivity contribution is 7.98. The van der Waals surface area contributed by atoms with Crippen molar-refractivity contribution in [1.82, 2.24) is 5.01 Å². The average Bonchev–Trinajstić information content (AvgIpc) is 3.23. The molecule has 2 aromatic carbocycles. The molecule has 0 bridgehead atoms. The Kier molecular flexibility index (Phi) is 5.25. The SMILES string of the molecule is CSc1cccc(NC(=O)CN2N=NC3C(=O)N(c4ccc(Cl)cc4)C(=O)C32)c1. The van der Waals surface area contributed by atoms with E-state index in [-0.39, 0.29) is 12.5 Å². The second kappa shape index (κ2) is 7.84. The van der Waals surface area contributed by atoms with Crippen molar-refractivity contribution in [2.75, 3.05) is 23.0 Å². The maximum Gasteiger partial charge on any atom is 0.263 e. The molecule has 0 spiro atoms. The van der Waals surface area contributed by atoms with E-state index in [0.29, 0.717) is 16.4 Å². The molecule has 0 radical (unpaired) electrons. The van der Waals surface area contributed by atoms with Crippen LogP contribution in [0, 0.1) is 0 Å². The summed E-state index contributed by atoms with van der Waals surface area (Å²) in [6, 6.07) is 11.9. The monoisotopic (exact) mass is 429 g/mol. The Morgan fingerprint density at radius 3 is 2.66 bits per heavy atom. The number of carbonyl (C=O) groups is 3. The first-order chi connectivity index (χ1) is 14.0. The molecule has 2 aliphatic rings. The van der Waals surface area contributed by atoms with Crippen LogP contribution in [0.2, 0.25) is 5.02 Å². The lowest BCUT2D eigenvalue weighted by atomic mass is 10.1. The van der Waals surface area contributed by atoms with Crippen molar-refractivity contribution < 1.29 is 14.4 Å². The smallest absolute Gasteiger partial charge is 0.263 e. The molecule has 0 aliphatic carbocycles. The first kappa shape index (κ1) is 19.4. The minimum atomic E-state index is -0.953. The molecule has 1 fully saturated rings. The van der Waals surface area contributed by atoms with Crippen LogP contribution in [0.1, 0.15) is 0 Å². The van der Waals surface area contributed by atoms with E-state index < -0.39 is 23.9 Å². The number of benzene rings is 2. The minimum absolute atomic E-state index is 0.193. The Bertz CT molecular complexity index is 1010. The van der Waals surface area contributed by atoms with E-state index in [2.05, 4.69) is 15.7 Å². The van der Waals surface area contributed by atoms with Gasteiger partial charge < -0.3 is 5.32 Å². The van der Waals surface area contributed by atoms with E-state index in [0.717, 1.165) is 9.80 Å². The standard InChI is InChI=1S/C19H16ClN5O3S/c1-29-14-4-2-3-12(9-14)21-15(26)10-24-17-16(22-23-24)18(27)25(19(17)28)13-7-5-11(20)6-8-13/h2-9,16-17H,10H2,1H3,(H,21,26). The molecule has 0 aromatic heterocycles. The number of carbonyl (C=O) groups excluding carboxylic acids is 3. The molecule has 2 atom stereocenters. The summed E-state index contributed by atoms with van der Waals surface area (Å²) < 4.78 is 0. The van der Waals surface area contributed by atoms with Crippen LogP contribution in [-0.4, -0.2) is 47.6 Å². The molecule has 2 heterocycles. The maximum atomic E-state index is 12.9. The number of rotatable bonds is 5. The quantitative estimate of drug-likeness (QED) is 0.582. The summed E-state index contributed by atoms with van der Waals surface area (Å²) in [5, 5.41) is 12.3. The zero-order valence-corrected chi connectivity index (χ0v) is 16.9. The third-order valence-corrected chi connectivity index (χ3v) is 5.58. The average molecular weight is 430 g/mol. The summed E-state index contributed by atoms with van der Waals surface area (Å²) in [7, 11) is 0. The Morgan fingerprint density at radius 1 is 1.17 bits per heavy atom. The topological polar surface area (TPSA) is 94.4 Å². The van der Waals surface area contributed by atoms with Gasteiger partial charge in [0.15, 0.2) is 12.1 Å². The number of hydrogen-bond acceptors (Lipinski definition) is 7. The normalized spacial score (nSPS) is 20.3. The van der Waals surface area contributed by atoms with Crippen LogP contribution < -0.4 is 10.2 Å². The van der Waals surface area contributed by atoms with Gasteiger partial charge >= 0.3 is 0 Å². The summed E-state index contributed by atoms with van der Waals surface area (Å²) >= 11 is 7.44. The first-order valence-corrected chi connectivity index (χ1v) is 10.3. The summed E-state index contributed by atoms with van der Waals surface area (Å²) in [6.07, 6.45) is 1.95. The molecule has 8 nitrogen and oxygen atoms in total. The van der Waals surface area contributed by atoms with E-state index in [9.17, 15) is 14.4 Å². The molecule has 3 amide bonds. The fraction of sp³-hybridized carbons (Fsp3) is 0.211. The molecule has 10 heteroatoms. The first-order valence-electron chi connectivity index (χ1n) is 8.72. The van der Waals surface area contributed by atoms with Gasteiger partial charge in [0.2, 0.25) is 5.91 Å². The van der Waals surface area contributed by atoms with Crippen molar-refractivity contribution in [1.29, 1.82) is 0 Å². The molecule has 0 saturated carbocycles. The zero-order valence-electron chi connectivity index (χ0n) is 15.3. The second-order valence-electron chi connectivity index (χ2n) is 6.46. The number of anilines is 2. The number of halogens is 1. The lowest BCUT2D eigenvalue weighted by molar-refractivity contribution is -0.123. The molecule has 2 unspecified atom stereocenters. The van der Waals surface area contributed by atoms with Crippen LogP contribution in [0.25, 0.3) is 0 Å². The van der Waals surface area contributed by atoms with Gasteiger partial charge in [-0.25, -0.2) is 4.90 Å². The van der Waals surface area contributed by atoms with Gasteiger partial charge in [-0.1, -0.05) is 22.9 Å². The highest BCUT2D eigenvalue weighted by atomic mass is 35.5. The second-order valence-corrected chi connectivity index (χ2v) is 7.78. The van der Waals surface area contributed by atoms with Gasteiger partial charge in [0.05, 0.1) is 5.69 Å². The summed E-state index contributed by atoms with van der Waals surface area (Å²) in [6.45, 7) is -0.193. The Labute approximate surface area is 175 Å². The predicted octanol–water partition coefficient (Wildman–Crippen LogP) is 2.99. The van der Waals surface area contributed by atoms with E-state index in [1.807, 2.05) is 24.5 Å². The van der Waals surface area contributed by atoms with Crippen molar-refractivity contribution in [2.45, 2.75) is 17.0 Å². The van der Waals surface area contributed by atoms with Crippen LogP contribution >= 0.6 is 23.4 Å². The fourth-order valence-electron chi connectivity index (χ4n) is 3.25. The Balaban J connectivity index is 1.47. The van der Waals surface area contributed by atoms with E-state index in [1.54, 1.807) is 42.1 Å². The van der Waals surface area contributed by atoms with Crippen LogP contribution in [-0.2, 0) is 14.4 Å². The highest BCUT2D eigenvalue weighted by Gasteiger charge is 2.55. The van der Waals surface area contributed by atoms with Crippen LogP contribution in [0.5, 0.6) is 0 Å². The van der Waals surface area contributed by atoms with Gasteiger partial charge in [0, 0.05) is 15.6 Å². The molecule has 4 rings (SSSR count). The van der Waals surface area contributed by atoms with Gasteiger partial charge in [-0.05, 0) is 48.7 Å².